The van der Waals surface area contributed by atoms with Crippen molar-refractivity contribution in [2.24, 2.45) is 0 Å². The molecule has 1 atom stereocenters. The van der Waals surface area contributed by atoms with Crippen molar-refractivity contribution in [1.82, 2.24) is 19.4 Å². The van der Waals surface area contributed by atoms with Gasteiger partial charge in [-0.25, -0.2) is 4.79 Å². The smallest absolute Gasteiger partial charge is 0.343 e. The summed E-state index contributed by atoms with van der Waals surface area (Å²) < 4.78 is 18.3. The summed E-state index contributed by atoms with van der Waals surface area (Å²) in [6, 6.07) is 5.75. The Balaban J connectivity index is 1.38. The highest BCUT2D eigenvalue weighted by atomic mass is 16.7. The zero-order chi connectivity index (χ0) is 26.2. The maximum atomic E-state index is 13.7. The minimum absolute atomic E-state index is 0.129. The maximum Gasteiger partial charge on any atom is 0.343 e. The standard InChI is InChI=1S/C28H30N4O6/c1-3-28(35)21-8-16-9-22-19(13-32(16)26(33)20(21)14-36-27(28)34)18(12-31-6-4-30(2)5-7-31)17-10-24-25(38-15-37-24)11-23(17)29-22/h8,10-11,35H,3-7,9,12-15H2,1-2H3. The number of likely N-dealkylation sites (N-methyl/N-ethyl adjacent to an activating group) is 1. The van der Waals surface area contributed by atoms with Crippen LogP contribution in [0.15, 0.2) is 23.0 Å². The van der Waals surface area contributed by atoms with E-state index in [0.29, 0.717) is 35.6 Å². The number of esters is 1. The third-order valence-electron chi connectivity index (χ3n) is 8.56. The van der Waals surface area contributed by atoms with Crippen LogP contribution in [0.1, 0.15) is 47.0 Å². The first kappa shape index (κ1) is 23.6. The number of hydrogen-bond donors (Lipinski definition) is 1. The summed E-state index contributed by atoms with van der Waals surface area (Å²) in [6.07, 6.45) is 0.552. The van der Waals surface area contributed by atoms with E-state index in [2.05, 4.69) is 16.8 Å². The van der Waals surface area contributed by atoms with Gasteiger partial charge in [0.2, 0.25) is 6.79 Å². The van der Waals surface area contributed by atoms with Gasteiger partial charge in [0.15, 0.2) is 17.1 Å². The van der Waals surface area contributed by atoms with E-state index in [0.717, 1.165) is 66.1 Å². The fraction of sp³-hybridized carbons (Fsp3) is 0.464. The number of hydrogen-bond acceptors (Lipinski definition) is 9. The zero-order valence-electron chi connectivity index (χ0n) is 21.6. The van der Waals surface area contributed by atoms with Gasteiger partial charge in [-0.15, -0.1) is 0 Å². The van der Waals surface area contributed by atoms with Gasteiger partial charge in [-0.05, 0) is 36.7 Å². The number of aromatic nitrogens is 2. The molecule has 0 bridgehead atoms. The molecule has 0 aliphatic carbocycles. The lowest BCUT2D eigenvalue weighted by Crippen LogP contribution is -2.45. The normalized spacial score (nSPS) is 22.7. The minimum Gasteiger partial charge on any atom is -0.458 e. The molecule has 0 saturated carbocycles. The molecule has 1 fully saturated rings. The highest BCUT2D eigenvalue weighted by molar-refractivity contribution is 5.88. The Hall–Kier alpha value is -3.47. The van der Waals surface area contributed by atoms with Crippen LogP contribution in [0.5, 0.6) is 11.5 Å². The van der Waals surface area contributed by atoms with Crippen LogP contribution in [0.4, 0.5) is 0 Å². The number of fused-ring (bicyclic) bond motifs is 5. The molecule has 7 rings (SSSR count). The molecule has 198 valence electrons. The molecule has 38 heavy (non-hydrogen) atoms. The Kier molecular flexibility index (Phi) is 5.30. The van der Waals surface area contributed by atoms with E-state index in [4.69, 9.17) is 19.2 Å². The van der Waals surface area contributed by atoms with Gasteiger partial charge >= 0.3 is 5.97 Å². The largest absolute Gasteiger partial charge is 0.458 e. The van der Waals surface area contributed by atoms with Gasteiger partial charge in [0.25, 0.3) is 5.56 Å². The number of benzene rings is 1. The molecule has 1 unspecified atom stereocenters. The number of piperazine rings is 1. The first-order valence-corrected chi connectivity index (χ1v) is 13.2. The number of carbonyl (C=O) groups is 1. The van der Waals surface area contributed by atoms with Crippen molar-refractivity contribution in [1.29, 1.82) is 0 Å². The van der Waals surface area contributed by atoms with Gasteiger partial charge < -0.3 is 28.8 Å². The number of pyridine rings is 2. The Labute approximate surface area is 219 Å². The minimum atomic E-state index is -1.82. The number of cyclic esters (lactones) is 1. The number of carbonyl (C=O) groups excluding carboxylic acids is 1. The predicted molar refractivity (Wildman–Crippen MR) is 137 cm³/mol. The van der Waals surface area contributed by atoms with Gasteiger partial charge in [-0.2, -0.15) is 0 Å². The van der Waals surface area contributed by atoms with Crippen molar-refractivity contribution in [2.45, 2.75) is 45.1 Å². The number of rotatable bonds is 3. The Morgan fingerprint density at radius 1 is 1.03 bits per heavy atom. The second-order valence-electron chi connectivity index (χ2n) is 10.7. The van der Waals surface area contributed by atoms with E-state index >= 15 is 0 Å². The van der Waals surface area contributed by atoms with Crippen LogP contribution in [0.2, 0.25) is 0 Å². The second kappa shape index (κ2) is 8.52. The zero-order valence-corrected chi connectivity index (χ0v) is 21.6. The topological polar surface area (TPSA) is 106 Å². The molecule has 1 aromatic carbocycles. The average molecular weight is 519 g/mol. The van der Waals surface area contributed by atoms with Crippen LogP contribution in [0, 0.1) is 0 Å². The lowest BCUT2D eigenvalue weighted by atomic mass is 9.84. The van der Waals surface area contributed by atoms with Crippen LogP contribution in [-0.4, -0.2) is 70.4 Å². The molecule has 4 aliphatic rings. The van der Waals surface area contributed by atoms with E-state index in [1.807, 2.05) is 12.1 Å². The van der Waals surface area contributed by atoms with Crippen molar-refractivity contribution in [3.8, 4) is 11.5 Å². The predicted octanol–water partition coefficient (Wildman–Crippen LogP) is 1.48. The van der Waals surface area contributed by atoms with Gasteiger partial charge in [-0.3, -0.25) is 14.7 Å². The van der Waals surface area contributed by atoms with Gasteiger partial charge in [-0.1, -0.05) is 6.92 Å². The lowest BCUT2D eigenvalue weighted by Gasteiger charge is -2.35. The van der Waals surface area contributed by atoms with E-state index in [9.17, 15) is 14.7 Å². The molecule has 1 N–H and O–H groups in total. The van der Waals surface area contributed by atoms with Gasteiger partial charge in [0.1, 0.15) is 6.61 Å². The molecular formula is C28H30N4O6. The number of ether oxygens (including phenoxy) is 3. The first-order valence-electron chi connectivity index (χ1n) is 13.2. The summed E-state index contributed by atoms with van der Waals surface area (Å²) in [5.74, 6) is 0.688. The molecule has 10 nitrogen and oxygen atoms in total. The summed E-state index contributed by atoms with van der Waals surface area (Å²) in [5, 5.41) is 12.1. The molecule has 0 spiro atoms. The Morgan fingerprint density at radius 3 is 2.55 bits per heavy atom. The fourth-order valence-electron chi connectivity index (χ4n) is 6.16. The molecule has 4 aliphatic heterocycles. The van der Waals surface area contributed by atoms with Crippen molar-refractivity contribution in [2.75, 3.05) is 40.0 Å². The highest BCUT2D eigenvalue weighted by Crippen LogP contribution is 2.40. The Bertz CT molecular complexity index is 1560. The van der Waals surface area contributed by atoms with Crippen LogP contribution in [-0.2, 0) is 41.2 Å². The van der Waals surface area contributed by atoms with Crippen molar-refractivity contribution in [3.63, 3.8) is 0 Å². The van der Waals surface area contributed by atoms with Crippen LogP contribution in [0.3, 0.4) is 0 Å². The third kappa shape index (κ3) is 3.47. The SMILES string of the molecule is CCC1(O)C(=O)OCc2c1cc1n(c2=O)Cc2c(nc3cc4c(cc3c2CN2CCN(C)CC2)OCO4)C1. The lowest BCUT2D eigenvalue weighted by molar-refractivity contribution is -0.172. The summed E-state index contributed by atoms with van der Waals surface area (Å²) in [4.78, 5) is 36.0. The van der Waals surface area contributed by atoms with Crippen LogP contribution < -0.4 is 15.0 Å². The van der Waals surface area contributed by atoms with Gasteiger partial charge in [0, 0.05) is 61.9 Å². The molecule has 0 amide bonds. The summed E-state index contributed by atoms with van der Waals surface area (Å²) >= 11 is 0. The quantitative estimate of drug-likeness (QED) is 0.404. The molecule has 2 aromatic heterocycles. The van der Waals surface area contributed by atoms with Crippen molar-refractivity contribution in [3.05, 3.63) is 62.2 Å². The summed E-state index contributed by atoms with van der Waals surface area (Å²) in [7, 11) is 2.14. The third-order valence-corrected chi connectivity index (χ3v) is 8.56. The molecule has 10 heteroatoms. The highest BCUT2D eigenvalue weighted by Gasteiger charge is 2.45. The Morgan fingerprint density at radius 2 is 1.79 bits per heavy atom. The van der Waals surface area contributed by atoms with Gasteiger partial charge in [0.05, 0.1) is 23.3 Å². The van der Waals surface area contributed by atoms with Crippen molar-refractivity contribution >= 4 is 16.9 Å². The maximum absolute atomic E-state index is 13.7. The summed E-state index contributed by atoms with van der Waals surface area (Å²) in [5.41, 5.74) is 3.33. The van der Waals surface area contributed by atoms with Crippen LogP contribution >= 0.6 is 0 Å². The first-order chi connectivity index (χ1) is 18.4. The second-order valence-corrected chi connectivity index (χ2v) is 10.7. The molecule has 3 aromatic rings. The van der Waals surface area contributed by atoms with E-state index in [1.165, 1.54) is 0 Å². The van der Waals surface area contributed by atoms with Crippen molar-refractivity contribution < 1.29 is 24.1 Å². The number of nitrogens with zero attached hydrogens (tertiary/aromatic N) is 4. The molecular weight excluding hydrogens is 488 g/mol. The monoisotopic (exact) mass is 518 g/mol. The van der Waals surface area contributed by atoms with Crippen LogP contribution in [0.25, 0.3) is 10.9 Å². The molecule has 1 saturated heterocycles. The average Bonchev–Trinajstić information content (AvgIpc) is 3.38. The summed E-state index contributed by atoms with van der Waals surface area (Å²) in [6.45, 7) is 6.83. The van der Waals surface area contributed by atoms with E-state index in [1.54, 1.807) is 17.6 Å². The molecule has 0 radical (unpaired) electrons. The van der Waals surface area contributed by atoms with E-state index in [-0.39, 0.29) is 25.4 Å². The molecule has 6 heterocycles. The number of aliphatic hydroxyl groups is 1. The fourth-order valence-corrected chi connectivity index (χ4v) is 6.16. The van der Waals surface area contributed by atoms with E-state index < -0.39 is 11.6 Å².